The predicted molar refractivity (Wildman–Crippen MR) is 137 cm³/mol. The van der Waals surface area contributed by atoms with Crippen molar-refractivity contribution in [2.75, 3.05) is 26.9 Å². The molecular weight excluding hydrogens is 511 g/mol. The van der Waals surface area contributed by atoms with Gasteiger partial charge in [0.15, 0.2) is 0 Å². The van der Waals surface area contributed by atoms with E-state index in [4.69, 9.17) is 42.4 Å². The van der Waals surface area contributed by atoms with Crippen LogP contribution in [-0.2, 0) is 26.7 Å². The maximum absolute atomic E-state index is 12.1. The molecule has 0 aliphatic rings. The molecule has 0 aliphatic heterocycles. The van der Waals surface area contributed by atoms with Gasteiger partial charge in [0.25, 0.3) is 0 Å². The first kappa shape index (κ1) is 25.5. The highest BCUT2D eigenvalue weighted by molar-refractivity contribution is 7.98. The minimum Gasteiger partial charge on any atom is -0.462 e. The van der Waals surface area contributed by atoms with E-state index in [0.29, 0.717) is 40.5 Å². The maximum Gasteiger partial charge on any atom is 0.341 e. The SMILES string of the molecule is CCOC(=O)c1cnn(-c2nc3cc(SCc4ccccc4Cl)c(Cl)cc3n2COCCOC)c1. The average Bonchev–Trinajstić information content (AvgIpc) is 3.47. The van der Waals surface area contributed by atoms with Gasteiger partial charge in [-0.05, 0) is 30.7 Å². The van der Waals surface area contributed by atoms with Gasteiger partial charge in [-0.2, -0.15) is 5.10 Å². The lowest BCUT2D eigenvalue weighted by molar-refractivity contribution is 0.0356. The van der Waals surface area contributed by atoms with Gasteiger partial charge < -0.3 is 14.2 Å². The van der Waals surface area contributed by atoms with Crippen molar-refractivity contribution in [2.45, 2.75) is 24.3 Å². The van der Waals surface area contributed by atoms with E-state index in [1.807, 2.05) is 41.0 Å². The summed E-state index contributed by atoms with van der Waals surface area (Å²) in [5.41, 5.74) is 2.85. The molecule has 0 bridgehead atoms. The molecule has 0 fully saturated rings. The van der Waals surface area contributed by atoms with Crippen LogP contribution in [0.15, 0.2) is 53.7 Å². The molecule has 0 spiro atoms. The molecule has 0 saturated carbocycles. The smallest absolute Gasteiger partial charge is 0.341 e. The fourth-order valence-electron chi connectivity index (χ4n) is 3.35. The van der Waals surface area contributed by atoms with E-state index in [0.717, 1.165) is 21.5 Å². The van der Waals surface area contributed by atoms with Crippen molar-refractivity contribution in [3.63, 3.8) is 0 Å². The second kappa shape index (κ2) is 11.9. The van der Waals surface area contributed by atoms with Crippen LogP contribution in [0, 0.1) is 0 Å². The molecule has 4 rings (SSSR count). The van der Waals surface area contributed by atoms with E-state index < -0.39 is 5.97 Å². The summed E-state index contributed by atoms with van der Waals surface area (Å²) in [5, 5.41) is 5.63. The van der Waals surface area contributed by atoms with Crippen LogP contribution in [0.2, 0.25) is 10.0 Å². The second-order valence-electron chi connectivity index (χ2n) is 7.42. The summed E-state index contributed by atoms with van der Waals surface area (Å²) in [7, 11) is 1.61. The molecule has 2 aromatic carbocycles. The molecule has 0 unspecified atom stereocenters. The van der Waals surface area contributed by atoms with Gasteiger partial charge in [0.2, 0.25) is 5.95 Å². The highest BCUT2D eigenvalue weighted by atomic mass is 35.5. The number of nitrogens with zero attached hydrogens (tertiary/aromatic N) is 4. The summed E-state index contributed by atoms with van der Waals surface area (Å²) in [6.45, 7) is 3.10. The van der Waals surface area contributed by atoms with Crippen molar-refractivity contribution in [3.8, 4) is 5.95 Å². The van der Waals surface area contributed by atoms with Crippen molar-refractivity contribution >= 4 is 52.0 Å². The monoisotopic (exact) mass is 534 g/mol. The lowest BCUT2D eigenvalue weighted by Crippen LogP contribution is -2.12. The summed E-state index contributed by atoms with van der Waals surface area (Å²) in [5.74, 6) is 0.706. The summed E-state index contributed by atoms with van der Waals surface area (Å²) >= 11 is 14.5. The van der Waals surface area contributed by atoms with Gasteiger partial charge in [-0.25, -0.2) is 14.5 Å². The van der Waals surface area contributed by atoms with Crippen LogP contribution in [-0.4, -0.2) is 52.2 Å². The number of fused-ring (bicyclic) bond motifs is 1. The molecule has 184 valence electrons. The lowest BCUT2D eigenvalue weighted by atomic mass is 10.2. The molecule has 0 saturated heterocycles. The molecular formula is C24H24Cl2N4O4S. The van der Waals surface area contributed by atoms with Crippen LogP contribution in [0.4, 0.5) is 0 Å². The first-order chi connectivity index (χ1) is 17.0. The number of thioether (sulfide) groups is 1. The number of aromatic nitrogens is 4. The topological polar surface area (TPSA) is 80.4 Å². The van der Waals surface area contributed by atoms with Crippen LogP contribution >= 0.6 is 35.0 Å². The van der Waals surface area contributed by atoms with Gasteiger partial charge in [-0.1, -0.05) is 41.4 Å². The molecule has 2 heterocycles. The molecule has 0 amide bonds. The Morgan fingerprint density at radius 2 is 1.97 bits per heavy atom. The normalized spacial score (nSPS) is 11.3. The average molecular weight is 535 g/mol. The molecule has 4 aromatic rings. The minimum atomic E-state index is -0.445. The number of esters is 1. The van der Waals surface area contributed by atoms with Gasteiger partial charge in [0, 0.05) is 29.0 Å². The zero-order chi connectivity index (χ0) is 24.8. The molecule has 0 radical (unpaired) electrons. The van der Waals surface area contributed by atoms with E-state index in [1.165, 1.54) is 10.9 Å². The van der Waals surface area contributed by atoms with Crippen molar-refractivity contribution in [1.82, 2.24) is 19.3 Å². The molecule has 0 atom stereocenters. The summed E-state index contributed by atoms with van der Waals surface area (Å²) < 4.78 is 19.3. The van der Waals surface area contributed by atoms with Gasteiger partial charge in [-0.15, -0.1) is 11.8 Å². The molecule has 2 aromatic heterocycles. The van der Waals surface area contributed by atoms with Crippen molar-refractivity contribution in [3.05, 3.63) is 70.0 Å². The van der Waals surface area contributed by atoms with Gasteiger partial charge in [-0.3, -0.25) is 4.57 Å². The third kappa shape index (κ3) is 5.99. The number of ether oxygens (including phenoxy) is 3. The fraction of sp³-hybridized carbons (Fsp3) is 0.292. The second-order valence-corrected chi connectivity index (χ2v) is 9.25. The third-order valence-corrected chi connectivity index (χ3v) is 6.97. The van der Waals surface area contributed by atoms with Crippen LogP contribution in [0.5, 0.6) is 0 Å². The maximum atomic E-state index is 12.1. The molecule has 8 nitrogen and oxygen atoms in total. The largest absolute Gasteiger partial charge is 0.462 e. The van der Waals surface area contributed by atoms with E-state index in [-0.39, 0.29) is 13.3 Å². The van der Waals surface area contributed by atoms with E-state index in [2.05, 4.69) is 5.10 Å². The number of carbonyl (C=O) groups is 1. The number of rotatable bonds is 11. The minimum absolute atomic E-state index is 0.201. The summed E-state index contributed by atoms with van der Waals surface area (Å²) in [4.78, 5) is 17.8. The molecule has 11 heteroatoms. The first-order valence-corrected chi connectivity index (χ1v) is 12.6. The van der Waals surface area contributed by atoms with Crippen LogP contribution in [0.1, 0.15) is 22.8 Å². The van der Waals surface area contributed by atoms with Crippen molar-refractivity contribution in [1.29, 1.82) is 0 Å². The predicted octanol–water partition coefficient (Wildman–Crippen LogP) is 5.62. The first-order valence-electron chi connectivity index (χ1n) is 10.9. The van der Waals surface area contributed by atoms with E-state index >= 15 is 0 Å². The van der Waals surface area contributed by atoms with Crippen LogP contribution in [0.3, 0.4) is 0 Å². The number of methoxy groups -OCH3 is 1. The van der Waals surface area contributed by atoms with E-state index in [1.54, 1.807) is 32.0 Å². The Hall–Kier alpha value is -2.56. The van der Waals surface area contributed by atoms with Crippen molar-refractivity contribution < 1.29 is 19.0 Å². The number of hydrogen-bond acceptors (Lipinski definition) is 7. The molecule has 0 aliphatic carbocycles. The number of hydrogen-bond donors (Lipinski definition) is 0. The highest BCUT2D eigenvalue weighted by Gasteiger charge is 2.18. The van der Waals surface area contributed by atoms with Crippen LogP contribution < -0.4 is 0 Å². The standard InChI is InChI=1S/C24H24Cl2N4O4S/c1-3-34-23(31)17-12-27-30(13-17)24-28-20-11-22(35-14-16-6-4-5-7-18(16)25)19(26)10-21(20)29(24)15-33-9-8-32-2/h4-7,10-13H,3,8-9,14-15H2,1-2H3. The van der Waals surface area contributed by atoms with Gasteiger partial charge >= 0.3 is 5.97 Å². The Balaban J connectivity index is 1.68. The molecule has 0 N–H and O–H groups in total. The highest BCUT2D eigenvalue weighted by Crippen LogP contribution is 2.35. The zero-order valence-electron chi connectivity index (χ0n) is 19.2. The Bertz CT molecular complexity index is 1320. The van der Waals surface area contributed by atoms with Crippen LogP contribution in [0.25, 0.3) is 17.0 Å². The number of benzene rings is 2. The van der Waals surface area contributed by atoms with Gasteiger partial charge in [0.05, 0.1) is 47.6 Å². The lowest BCUT2D eigenvalue weighted by Gasteiger charge is -2.11. The fourth-order valence-corrected chi connectivity index (χ4v) is 4.91. The number of carbonyl (C=O) groups excluding carboxylic acids is 1. The Kier molecular flexibility index (Phi) is 8.69. The number of imidazole rings is 1. The Labute approximate surface area is 217 Å². The zero-order valence-corrected chi connectivity index (χ0v) is 21.6. The Morgan fingerprint density at radius 1 is 1.14 bits per heavy atom. The quantitative estimate of drug-likeness (QED) is 0.140. The third-order valence-electron chi connectivity index (χ3n) is 5.07. The van der Waals surface area contributed by atoms with E-state index in [9.17, 15) is 4.79 Å². The summed E-state index contributed by atoms with van der Waals surface area (Å²) in [6.07, 6.45) is 3.03. The summed E-state index contributed by atoms with van der Waals surface area (Å²) in [6, 6.07) is 11.5. The molecule has 35 heavy (non-hydrogen) atoms. The van der Waals surface area contributed by atoms with Gasteiger partial charge in [0.1, 0.15) is 6.73 Å². The Morgan fingerprint density at radius 3 is 2.74 bits per heavy atom. The van der Waals surface area contributed by atoms with Crippen molar-refractivity contribution in [2.24, 2.45) is 0 Å². The number of halogens is 2.